The second-order valence-electron chi connectivity index (χ2n) is 5.60. The first-order valence-electron chi connectivity index (χ1n) is 7.52. The Morgan fingerprint density at radius 1 is 1.25 bits per heavy atom. The monoisotopic (exact) mass is 322 g/mol. The maximum atomic E-state index is 10.8. The lowest BCUT2D eigenvalue weighted by Crippen LogP contribution is -2.17. The Bertz CT molecular complexity index is 936. The Labute approximate surface area is 137 Å². The average Bonchev–Trinajstić information content (AvgIpc) is 3.21. The standard InChI is InChI=1S/C16H14N6O2/c1-11-8-15(20-7-6-12-4-2-3-5-14(12)20)19-16(18-11)21-10-13(9-17-21)22(23)24/h2-5,8-10H,6-7H2,1H3. The summed E-state index contributed by atoms with van der Waals surface area (Å²) in [6.45, 7) is 2.71. The highest BCUT2D eigenvalue weighted by molar-refractivity contribution is 5.67. The van der Waals surface area contributed by atoms with Crippen LogP contribution in [0.15, 0.2) is 42.7 Å². The predicted octanol–water partition coefficient (Wildman–Crippen LogP) is 2.57. The molecule has 24 heavy (non-hydrogen) atoms. The maximum Gasteiger partial charge on any atom is 0.307 e. The topological polar surface area (TPSA) is 90.0 Å². The first-order valence-corrected chi connectivity index (χ1v) is 7.52. The number of nitro groups is 1. The molecule has 3 heterocycles. The average molecular weight is 322 g/mol. The number of aryl methyl sites for hydroxylation is 1. The molecule has 8 heteroatoms. The molecule has 0 amide bonds. The number of hydrogen-bond acceptors (Lipinski definition) is 6. The van der Waals surface area contributed by atoms with E-state index in [1.54, 1.807) is 0 Å². The van der Waals surface area contributed by atoms with Crippen molar-refractivity contribution in [1.29, 1.82) is 0 Å². The molecule has 1 aromatic carbocycles. The van der Waals surface area contributed by atoms with Crippen LogP contribution < -0.4 is 4.90 Å². The fourth-order valence-corrected chi connectivity index (χ4v) is 2.87. The molecule has 4 rings (SSSR count). The molecular weight excluding hydrogens is 308 g/mol. The van der Waals surface area contributed by atoms with Crippen LogP contribution in [0.1, 0.15) is 11.3 Å². The molecule has 2 aromatic heterocycles. The van der Waals surface area contributed by atoms with Crippen LogP contribution in [0.25, 0.3) is 5.95 Å². The summed E-state index contributed by atoms with van der Waals surface area (Å²) in [5.41, 5.74) is 3.10. The van der Waals surface area contributed by atoms with E-state index in [9.17, 15) is 10.1 Å². The number of para-hydroxylation sites is 1. The van der Waals surface area contributed by atoms with E-state index in [1.807, 2.05) is 25.1 Å². The normalized spacial score (nSPS) is 13.1. The molecule has 0 N–H and O–H groups in total. The van der Waals surface area contributed by atoms with Gasteiger partial charge >= 0.3 is 5.69 Å². The van der Waals surface area contributed by atoms with Crippen LogP contribution in [0.3, 0.4) is 0 Å². The van der Waals surface area contributed by atoms with Crippen molar-refractivity contribution in [3.63, 3.8) is 0 Å². The molecule has 120 valence electrons. The third-order valence-electron chi connectivity index (χ3n) is 3.98. The molecule has 1 aliphatic rings. The molecule has 0 radical (unpaired) electrons. The molecule has 3 aromatic rings. The summed E-state index contributed by atoms with van der Waals surface area (Å²) in [5, 5.41) is 14.8. The summed E-state index contributed by atoms with van der Waals surface area (Å²) in [6.07, 6.45) is 3.47. The minimum Gasteiger partial charge on any atom is -0.326 e. The van der Waals surface area contributed by atoms with Crippen molar-refractivity contribution in [1.82, 2.24) is 19.7 Å². The molecule has 0 aliphatic carbocycles. The molecule has 0 atom stereocenters. The van der Waals surface area contributed by atoms with Crippen molar-refractivity contribution >= 4 is 17.2 Å². The zero-order chi connectivity index (χ0) is 16.7. The Morgan fingerprint density at radius 2 is 2.08 bits per heavy atom. The molecule has 0 unspecified atom stereocenters. The van der Waals surface area contributed by atoms with Gasteiger partial charge in [0, 0.05) is 24.0 Å². The molecule has 0 fully saturated rings. The summed E-state index contributed by atoms with van der Waals surface area (Å²) < 4.78 is 1.33. The highest BCUT2D eigenvalue weighted by Crippen LogP contribution is 2.33. The number of rotatable bonds is 3. The largest absolute Gasteiger partial charge is 0.326 e. The van der Waals surface area contributed by atoms with Gasteiger partial charge in [-0.1, -0.05) is 18.2 Å². The van der Waals surface area contributed by atoms with Gasteiger partial charge in [-0.15, -0.1) is 0 Å². The van der Waals surface area contributed by atoms with Crippen molar-refractivity contribution in [3.05, 3.63) is 64.1 Å². The summed E-state index contributed by atoms with van der Waals surface area (Å²) in [5.74, 6) is 1.09. The van der Waals surface area contributed by atoms with Gasteiger partial charge in [0.1, 0.15) is 18.2 Å². The van der Waals surface area contributed by atoms with E-state index in [4.69, 9.17) is 0 Å². The van der Waals surface area contributed by atoms with Crippen molar-refractivity contribution in [2.45, 2.75) is 13.3 Å². The Hall–Kier alpha value is -3.29. The number of hydrogen-bond donors (Lipinski definition) is 0. The van der Waals surface area contributed by atoms with Gasteiger partial charge in [0.25, 0.3) is 5.95 Å². The minimum absolute atomic E-state index is 0.0897. The van der Waals surface area contributed by atoms with Crippen molar-refractivity contribution in [3.8, 4) is 5.95 Å². The van der Waals surface area contributed by atoms with Gasteiger partial charge in [0.2, 0.25) is 0 Å². The first kappa shape index (κ1) is 14.3. The fourth-order valence-electron chi connectivity index (χ4n) is 2.87. The Balaban J connectivity index is 1.76. The van der Waals surface area contributed by atoms with Crippen LogP contribution in [0, 0.1) is 17.0 Å². The van der Waals surface area contributed by atoms with Crippen LogP contribution in [0.5, 0.6) is 0 Å². The van der Waals surface area contributed by atoms with Gasteiger partial charge in [0.05, 0.1) is 4.92 Å². The van der Waals surface area contributed by atoms with E-state index in [1.165, 1.54) is 22.6 Å². The molecule has 0 bridgehead atoms. The lowest BCUT2D eigenvalue weighted by Gasteiger charge is -2.19. The second kappa shape index (κ2) is 5.41. The van der Waals surface area contributed by atoms with Gasteiger partial charge < -0.3 is 4.90 Å². The molecular formula is C16H14N6O2. The predicted molar refractivity (Wildman–Crippen MR) is 87.7 cm³/mol. The van der Waals surface area contributed by atoms with E-state index in [2.05, 4.69) is 32.1 Å². The van der Waals surface area contributed by atoms with Crippen LogP contribution in [-0.2, 0) is 6.42 Å². The smallest absolute Gasteiger partial charge is 0.307 e. The van der Waals surface area contributed by atoms with E-state index >= 15 is 0 Å². The lowest BCUT2D eigenvalue weighted by molar-refractivity contribution is -0.384. The third kappa shape index (κ3) is 2.37. The van der Waals surface area contributed by atoms with Gasteiger partial charge in [-0.25, -0.2) is 4.98 Å². The van der Waals surface area contributed by atoms with Crippen LogP contribution in [0.4, 0.5) is 17.2 Å². The van der Waals surface area contributed by atoms with Gasteiger partial charge in [-0.3, -0.25) is 10.1 Å². The SMILES string of the molecule is Cc1cc(N2CCc3ccccc32)nc(-n2cc([N+](=O)[O-])cn2)n1. The van der Waals surface area contributed by atoms with E-state index in [0.717, 1.165) is 30.2 Å². The van der Waals surface area contributed by atoms with Crippen LogP contribution in [-0.4, -0.2) is 31.2 Å². The summed E-state index contributed by atoms with van der Waals surface area (Å²) in [6, 6.07) is 10.1. The van der Waals surface area contributed by atoms with Crippen LogP contribution in [0.2, 0.25) is 0 Å². The highest BCUT2D eigenvalue weighted by Gasteiger charge is 2.22. The highest BCUT2D eigenvalue weighted by atomic mass is 16.6. The number of benzene rings is 1. The van der Waals surface area contributed by atoms with Gasteiger partial charge in [0.15, 0.2) is 0 Å². The van der Waals surface area contributed by atoms with Crippen molar-refractivity contribution in [2.24, 2.45) is 0 Å². The Morgan fingerprint density at radius 3 is 2.88 bits per heavy atom. The number of anilines is 2. The second-order valence-corrected chi connectivity index (χ2v) is 5.60. The summed E-state index contributed by atoms with van der Waals surface area (Å²) >= 11 is 0. The van der Waals surface area contributed by atoms with E-state index < -0.39 is 4.92 Å². The molecule has 1 aliphatic heterocycles. The van der Waals surface area contributed by atoms with Crippen molar-refractivity contribution < 1.29 is 4.92 Å². The van der Waals surface area contributed by atoms with Crippen molar-refractivity contribution in [2.75, 3.05) is 11.4 Å². The van der Waals surface area contributed by atoms with Gasteiger partial charge in [-0.05, 0) is 25.0 Å². The van der Waals surface area contributed by atoms with Crippen LogP contribution >= 0.6 is 0 Å². The zero-order valence-electron chi connectivity index (χ0n) is 13.0. The number of nitrogens with zero attached hydrogens (tertiary/aromatic N) is 6. The maximum absolute atomic E-state index is 10.8. The summed E-state index contributed by atoms with van der Waals surface area (Å²) in [7, 11) is 0. The van der Waals surface area contributed by atoms with E-state index in [0.29, 0.717) is 5.95 Å². The first-order chi connectivity index (χ1) is 11.6. The molecule has 0 saturated carbocycles. The Kier molecular flexibility index (Phi) is 3.23. The van der Waals surface area contributed by atoms with Gasteiger partial charge in [-0.2, -0.15) is 14.8 Å². The molecule has 0 spiro atoms. The fraction of sp³-hybridized carbons (Fsp3) is 0.188. The lowest BCUT2D eigenvalue weighted by atomic mass is 10.2. The number of fused-ring (bicyclic) bond motifs is 1. The minimum atomic E-state index is -0.489. The molecule has 8 nitrogen and oxygen atoms in total. The quantitative estimate of drug-likeness (QED) is 0.544. The number of aromatic nitrogens is 4. The third-order valence-corrected chi connectivity index (χ3v) is 3.98. The summed E-state index contributed by atoms with van der Waals surface area (Å²) in [4.78, 5) is 21.4. The molecule has 0 saturated heterocycles. The zero-order valence-corrected chi connectivity index (χ0v) is 13.0. The van der Waals surface area contributed by atoms with E-state index in [-0.39, 0.29) is 5.69 Å².